The van der Waals surface area contributed by atoms with Gasteiger partial charge < -0.3 is 19.2 Å². The van der Waals surface area contributed by atoms with Crippen molar-refractivity contribution in [1.82, 2.24) is 15.1 Å². The zero-order valence-corrected chi connectivity index (χ0v) is 14.8. The molecule has 0 saturated carbocycles. The van der Waals surface area contributed by atoms with Crippen LogP contribution >= 0.6 is 0 Å². The summed E-state index contributed by atoms with van der Waals surface area (Å²) < 4.78 is 11.2. The number of nitrogens with zero attached hydrogens (tertiary/aromatic N) is 3. The van der Waals surface area contributed by atoms with Crippen molar-refractivity contribution in [3.05, 3.63) is 71.9 Å². The maximum atomic E-state index is 12.9. The molecule has 1 N–H and O–H groups in total. The van der Waals surface area contributed by atoms with Crippen molar-refractivity contribution in [2.45, 2.75) is 25.5 Å². The Bertz CT molecular complexity index is 924. The van der Waals surface area contributed by atoms with Gasteiger partial charge >= 0.3 is 0 Å². The predicted octanol–water partition coefficient (Wildman–Crippen LogP) is 3.12. The fourth-order valence-corrected chi connectivity index (χ4v) is 3.17. The summed E-state index contributed by atoms with van der Waals surface area (Å²) in [6.07, 6.45) is -0.241. The largest absolute Gasteiger partial charge is 0.457 e. The van der Waals surface area contributed by atoms with Crippen molar-refractivity contribution in [3.8, 4) is 11.5 Å². The molecule has 4 rings (SSSR count). The number of ether oxygens (including phenoxy) is 1. The fourth-order valence-electron chi connectivity index (χ4n) is 3.17. The Balaban J connectivity index is 1.51. The summed E-state index contributed by atoms with van der Waals surface area (Å²) in [5.74, 6) is 1.95. The van der Waals surface area contributed by atoms with Crippen LogP contribution in [0.1, 0.15) is 34.6 Å². The summed E-state index contributed by atoms with van der Waals surface area (Å²) in [5.41, 5.74) is 0.505. The van der Waals surface area contributed by atoms with Crippen LogP contribution in [0.15, 0.2) is 59.0 Å². The minimum absolute atomic E-state index is 0.196. The maximum Gasteiger partial charge on any atom is 0.254 e. The number of aromatic nitrogens is 2. The summed E-state index contributed by atoms with van der Waals surface area (Å²) in [6, 6.07) is 15.9. The zero-order chi connectivity index (χ0) is 18.8. The molecular formula is C20H19N3O4. The second kappa shape index (κ2) is 7.20. The number of rotatable bonds is 4. The number of hydrogen-bond donors (Lipinski definition) is 1. The van der Waals surface area contributed by atoms with Gasteiger partial charge in [-0.15, -0.1) is 10.2 Å². The summed E-state index contributed by atoms with van der Waals surface area (Å²) in [7, 11) is 0. The molecule has 2 aromatic carbocycles. The van der Waals surface area contributed by atoms with E-state index in [4.69, 9.17) is 9.15 Å². The molecule has 1 amide bonds. The van der Waals surface area contributed by atoms with E-state index in [-0.39, 0.29) is 12.5 Å². The Morgan fingerprint density at radius 2 is 1.81 bits per heavy atom. The van der Waals surface area contributed by atoms with Gasteiger partial charge in [0.1, 0.15) is 17.5 Å². The van der Waals surface area contributed by atoms with Gasteiger partial charge in [-0.25, -0.2) is 0 Å². The van der Waals surface area contributed by atoms with Crippen molar-refractivity contribution >= 4 is 5.91 Å². The van der Waals surface area contributed by atoms with E-state index >= 15 is 0 Å². The number of aryl methyl sites for hydroxylation is 1. The van der Waals surface area contributed by atoms with E-state index in [9.17, 15) is 9.90 Å². The van der Waals surface area contributed by atoms with Crippen LogP contribution in [0.2, 0.25) is 0 Å². The quantitative estimate of drug-likeness (QED) is 0.764. The molecule has 2 heterocycles. The van der Waals surface area contributed by atoms with Gasteiger partial charge in [-0.05, 0) is 36.4 Å². The minimum atomic E-state index is -0.619. The number of likely N-dealkylation sites (tertiary alicyclic amines) is 1. The zero-order valence-electron chi connectivity index (χ0n) is 14.8. The number of para-hydroxylation sites is 1. The lowest BCUT2D eigenvalue weighted by Crippen LogP contribution is -2.31. The van der Waals surface area contributed by atoms with E-state index in [1.165, 1.54) is 0 Å². The van der Waals surface area contributed by atoms with Crippen molar-refractivity contribution in [2.75, 3.05) is 6.54 Å². The maximum absolute atomic E-state index is 12.9. The number of carbonyl (C=O) groups excluding carboxylic acids is 1. The van der Waals surface area contributed by atoms with E-state index < -0.39 is 12.1 Å². The number of amides is 1. The van der Waals surface area contributed by atoms with Gasteiger partial charge in [0, 0.05) is 25.5 Å². The highest BCUT2D eigenvalue weighted by Crippen LogP contribution is 2.33. The first kappa shape index (κ1) is 17.2. The van der Waals surface area contributed by atoms with E-state index in [1.807, 2.05) is 30.3 Å². The fraction of sp³-hybridized carbons (Fsp3) is 0.250. The third-order valence-electron chi connectivity index (χ3n) is 4.45. The molecule has 7 nitrogen and oxygen atoms in total. The second-order valence-corrected chi connectivity index (χ2v) is 6.46. The Morgan fingerprint density at radius 1 is 1.11 bits per heavy atom. The molecule has 27 heavy (non-hydrogen) atoms. The van der Waals surface area contributed by atoms with Crippen LogP contribution in [0.5, 0.6) is 11.5 Å². The van der Waals surface area contributed by atoms with Crippen LogP contribution in [-0.2, 0) is 0 Å². The van der Waals surface area contributed by atoms with Gasteiger partial charge in [-0.3, -0.25) is 4.79 Å². The van der Waals surface area contributed by atoms with Crippen LogP contribution in [0.3, 0.4) is 0 Å². The molecule has 0 bridgehead atoms. The third kappa shape index (κ3) is 3.68. The molecule has 3 aromatic rings. The lowest BCUT2D eigenvalue weighted by atomic mass is 10.1. The smallest absolute Gasteiger partial charge is 0.254 e. The standard InChI is InChI=1S/C20H19N3O4/c1-13-21-22-19(26-13)18-11-15(24)12-23(18)20(25)14-7-9-17(10-8-14)27-16-5-3-2-4-6-16/h2-10,15,18,24H,11-12H2,1H3/t15-,18-/m1/s1. The Morgan fingerprint density at radius 3 is 2.48 bits per heavy atom. The number of hydrogen-bond acceptors (Lipinski definition) is 6. The molecule has 1 fully saturated rings. The highest BCUT2D eigenvalue weighted by atomic mass is 16.5. The highest BCUT2D eigenvalue weighted by Gasteiger charge is 2.38. The molecule has 0 spiro atoms. The molecule has 138 valence electrons. The molecule has 1 saturated heterocycles. The highest BCUT2D eigenvalue weighted by molar-refractivity contribution is 5.94. The van der Waals surface area contributed by atoms with Gasteiger partial charge in [0.05, 0.1) is 6.10 Å². The Hall–Kier alpha value is -3.19. The van der Waals surface area contributed by atoms with Crippen molar-refractivity contribution < 1.29 is 19.1 Å². The SMILES string of the molecule is Cc1nnc([C@H]2C[C@@H](O)CN2C(=O)c2ccc(Oc3ccccc3)cc2)o1. The van der Waals surface area contributed by atoms with Crippen LogP contribution < -0.4 is 4.74 Å². The Labute approximate surface area is 156 Å². The van der Waals surface area contributed by atoms with Crippen molar-refractivity contribution in [2.24, 2.45) is 0 Å². The molecule has 1 aliphatic heterocycles. The number of aliphatic hydroxyl groups excluding tert-OH is 1. The normalized spacial score (nSPS) is 19.3. The summed E-state index contributed by atoms with van der Waals surface area (Å²) in [6.45, 7) is 1.92. The van der Waals surface area contributed by atoms with E-state index in [1.54, 1.807) is 36.1 Å². The monoisotopic (exact) mass is 365 g/mol. The minimum Gasteiger partial charge on any atom is -0.457 e. The van der Waals surface area contributed by atoms with Crippen LogP contribution in [0, 0.1) is 6.92 Å². The first-order valence-electron chi connectivity index (χ1n) is 8.72. The van der Waals surface area contributed by atoms with Crippen molar-refractivity contribution in [3.63, 3.8) is 0 Å². The predicted molar refractivity (Wildman–Crippen MR) is 96.4 cm³/mol. The molecule has 0 radical (unpaired) electrons. The van der Waals surface area contributed by atoms with Gasteiger partial charge in [0.2, 0.25) is 11.8 Å². The van der Waals surface area contributed by atoms with Crippen LogP contribution in [-0.4, -0.2) is 38.8 Å². The first-order valence-corrected chi connectivity index (χ1v) is 8.72. The number of carbonyl (C=O) groups is 1. The molecule has 2 atom stereocenters. The lowest BCUT2D eigenvalue weighted by molar-refractivity contribution is 0.0697. The molecule has 1 aromatic heterocycles. The van der Waals surface area contributed by atoms with Crippen molar-refractivity contribution in [1.29, 1.82) is 0 Å². The third-order valence-corrected chi connectivity index (χ3v) is 4.45. The second-order valence-electron chi connectivity index (χ2n) is 6.46. The Kier molecular flexibility index (Phi) is 4.60. The average Bonchev–Trinajstić information content (AvgIpc) is 3.28. The van der Waals surface area contributed by atoms with Gasteiger partial charge in [-0.2, -0.15) is 0 Å². The number of aliphatic hydroxyl groups is 1. The summed E-state index contributed by atoms with van der Waals surface area (Å²) in [4.78, 5) is 14.5. The molecule has 7 heteroatoms. The number of benzene rings is 2. The molecule has 0 unspecified atom stereocenters. The molecule has 0 aliphatic carbocycles. The van der Waals surface area contributed by atoms with Gasteiger partial charge in [-0.1, -0.05) is 18.2 Å². The summed E-state index contributed by atoms with van der Waals surface area (Å²) in [5, 5.41) is 17.9. The van der Waals surface area contributed by atoms with Crippen LogP contribution in [0.4, 0.5) is 0 Å². The topological polar surface area (TPSA) is 88.7 Å². The first-order chi connectivity index (χ1) is 13.1. The van der Waals surface area contributed by atoms with Gasteiger partial charge in [0.15, 0.2) is 0 Å². The molecular weight excluding hydrogens is 346 g/mol. The summed E-state index contributed by atoms with van der Waals surface area (Å²) >= 11 is 0. The van der Waals surface area contributed by atoms with E-state index in [0.717, 1.165) is 5.75 Å². The van der Waals surface area contributed by atoms with E-state index in [2.05, 4.69) is 10.2 Å². The molecule has 1 aliphatic rings. The van der Waals surface area contributed by atoms with Gasteiger partial charge in [0.25, 0.3) is 5.91 Å². The van der Waals surface area contributed by atoms with E-state index in [0.29, 0.717) is 29.5 Å². The average molecular weight is 365 g/mol. The lowest BCUT2D eigenvalue weighted by Gasteiger charge is -2.21. The van der Waals surface area contributed by atoms with Crippen LogP contribution in [0.25, 0.3) is 0 Å². The number of β-amino-alcohol motifs (C(OH)–C–C–N with tert-alkyl or cyclic N) is 1.